The molecular weight excluding hydrogens is 548 g/mol. The fourth-order valence-corrected chi connectivity index (χ4v) is 7.77. The normalized spacial score (nSPS) is 32.2. The third-order valence-electron chi connectivity index (χ3n) is 11.0. The summed E-state index contributed by atoms with van der Waals surface area (Å²) in [6, 6.07) is 3.42. The number of hydrogen-bond acceptors (Lipinski definition) is 7. The predicted molar refractivity (Wildman–Crippen MR) is 166 cm³/mol. The Bertz CT molecular complexity index is 1120. The number of aromatic carboxylic acids is 1. The van der Waals surface area contributed by atoms with E-state index in [0.717, 1.165) is 12.8 Å². The van der Waals surface area contributed by atoms with Crippen molar-refractivity contribution in [2.75, 3.05) is 0 Å². The number of phenols is 1. The number of carboxylic acids is 1. The molecule has 8 nitrogen and oxygen atoms in total. The molecule has 2 aliphatic rings. The number of benzene rings is 1. The Hall–Kier alpha value is -2.00. The zero-order chi connectivity index (χ0) is 32.3. The van der Waals surface area contributed by atoms with Crippen LogP contribution < -0.4 is 0 Å². The molecule has 0 amide bonds. The van der Waals surface area contributed by atoms with Gasteiger partial charge in [0.05, 0.1) is 35.6 Å². The summed E-state index contributed by atoms with van der Waals surface area (Å²) in [6.45, 7) is 15.6. The number of rotatable bonds is 14. The highest BCUT2D eigenvalue weighted by molar-refractivity contribution is 5.93. The van der Waals surface area contributed by atoms with E-state index in [1.54, 1.807) is 26.0 Å². The van der Waals surface area contributed by atoms with Crippen molar-refractivity contribution in [2.45, 2.75) is 149 Å². The van der Waals surface area contributed by atoms with Crippen LogP contribution in [0.5, 0.6) is 5.75 Å². The van der Waals surface area contributed by atoms with Crippen LogP contribution in [0.4, 0.5) is 0 Å². The number of Topliss-reactive ketones (excluding diaryl/α,β-unsaturated/α-hetero) is 1. The molecule has 2 heterocycles. The number of ether oxygens (including phenoxy) is 2. The van der Waals surface area contributed by atoms with Gasteiger partial charge in [0.2, 0.25) is 0 Å². The third kappa shape index (κ3) is 7.13. The highest BCUT2D eigenvalue weighted by Crippen LogP contribution is 2.48. The van der Waals surface area contributed by atoms with Crippen LogP contribution in [-0.4, -0.2) is 67.8 Å². The van der Waals surface area contributed by atoms with Crippen molar-refractivity contribution in [3.8, 4) is 5.75 Å². The van der Waals surface area contributed by atoms with Gasteiger partial charge in [-0.05, 0) is 88.2 Å². The van der Waals surface area contributed by atoms with Gasteiger partial charge in [0.25, 0.3) is 0 Å². The highest BCUT2D eigenvalue weighted by Gasteiger charge is 2.55. The molecule has 0 bridgehead atoms. The minimum absolute atomic E-state index is 0.00491. The van der Waals surface area contributed by atoms with Gasteiger partial charge in [-0.1, -0.05) is 60.1 Å². The van der Waals surface area contributed by atoms with E-state index in [9.17, 15) is 30.0 Å². The molecule has 10 atom stereocenters. The van der Waals surface area contributed by atoms with Crippen molar-refractivity contribution < 1.29 is 39.5 Å². The molecule has 4 N–H and O–H groups in total. The molecule has 43 heavy (non-hydrogen) atoms. The first kappa shape index (κ1) is 35.5. The smallest absolute Gasteiger partial charge is 0.339 e. The second-order valence-electron chi connectivity index (χ2n) is 13.4. The van der Waals surface area contributed by atoms with E-state index in [1.807, 2.05) is 27.7 Å². The molecule has 2 saturated heterocycles. The van der Waals surface area contributed by atoms with Gasteiger partial charge in [-0.15, -0.1) is 0 Å². The quantitative estimate of drug-likeness (QED) is 0.196. The Morgan fingerprint density at radius 3 is 2.30 bits per heavy atom. The van der Waals surface area contributed by atoms with Crippen LogP contribution >= 0.6 is 0 Å². The second-order valence-corrected chi connectivity index (χ2v) is 13.4. The zero-order valence-electron chi connectivity index (χ0n) is 27.6. The Kier molecular flexibility index (Phi) is 11.9. The van der Waals surface area contributed by atoms with Crippen LogP contribution in [0.3, 0.4) is 0 Å². The zero-order valence-corrected chi connectivity index (χ0v) is 27.6. The summed E-state index contributed by atoms with van der Waals surface area (Å²) in [5, 5.41) is 42.4. The average Bonchev–Trinajstić information content (AvgIpc) is 3.33. The maximum atomic E-state index is 14.0. The van der Waals surface area contributed by atoms with Gasteiger partial charge in [0, 0.05) is 11.8 Å². The van der Waals surface area contributed by atoms with Crippen molar-refractivity contribution in [2.24, 2.45) is 23.7 Å². The third-order valence-corrected chi connectivity index (χ3v) is 11.0. The molecule has 0 spiro atoms. The lowest BCUT2D eigenvalue weighted by atomic mass is 9.75. The number of ketones is 1. The van der Waals surface area contributed by atoms with Crippen LogP contribution in [0.2, 0.25) is 0 Å². The molecule has 244 valence electrons. The van der Waals surface area contributed by atoms with Crippen LogP contribution in [0.25, 0.3) is 0 Å². The van der Waals surface area contributed by atoms with Crippen molar-refractivity contribution >= 4 is 11.8 Å². The number of carbonyl (C=O) groups is 2. The van der Waals surface area contributed by atoms with Gasteiger partial charge >= 0.3 is 5.97 Å². The van der Waals surface area contributed by atoms with Crippen LogP contribution in [0.1, 0.15) is 121 Å². The van der Waals surface area contributed by atoms with Gasteiger partial charge in [-0.25, -0.2) is 4.79 Å². The molecule has 1 aromatic carbocycles. The van der Waals surface area contributed by atoms with Gasteiger partial charge in [0.15, 0.2) is 0 Å². The predicted octanol–water partition coefficient (Wildman–Crippen LogP) is 6.23. The van der Waals surface area contributed by atoms with Crippen LogP contribution in [-0.2, 0) is 20.7 Å². The fourth-order valence-electron chi connectivity index (χ4n) is 7.77. The Labute approximate surface area is 258 Å². The van der Waals surface area contributed by atoms with Crippen LogP contribution in [0.15, 0.2) is 12.1 Å². The van der Waals surface area contributed by atoms with Crippen LogP contribution in [0, 0.1) is 30.6 Å². The molecule has 2 fully saturated rings. The largest absolute Gasteiger partial charge is 0.507 e. The van der Waals surface area contributed by atoms with Crippen molar-refractivity contribution in [1.82, 2.24) is 0 Å². The van der Waals surface area contributed by atoms with E-state index in [0.29, 0.717) is 56.1 Å². The lowest BCUT2D eigenvalue weighted by Gasteiger charge is -2.47. The Morgan fingerprint density at radius 1 is 1.09 bits per heavy atom. The topological polar surface area (TPSA) is 134 Å². The highest BCUT2D eigenvalue weighted by atomic mass is 16.6. The van der Waals surface area contributed by atoms with Gasteiger partial charge in [0.1, 0.15) is 17.1 Å². The summed E-state index contributed by atoms with van der Waals surface area (Å²) in [7, 11) is 0. The Morgan fingerprint density at radius 2 is 1.77 bits per heavy atom. The average molecular weight is 605 g/mol. The number of carbonyl (C=O) groups excluding carboxylic acids is 1. The first-order chi connectivity index (χ1) is 20.2. The van der Waals surface area contributed by atoms with E-state index in [4.69, 9.17) is 9.47 Å². The Balaban J connectivity index is 1.73. The van der Waals surface area contributed by atoms with Crippen molar-refractivity contribution in [1.29, 1.82) is 0 Å². The van der Waals surface area contributed by atoms with E-state index in [1.165, 1.54) is 0 Å². The van der Waals surface area contributed by atoms with Gasteiger partial charge in [-0.3, -0.25) is 4.79 Å². The van der Waals surface area contributed by atoms with E-state index in [-0.39, 0.29) is 53.2 Å². The number of hydrogen-bond donors (Lipinski definition) is 4. The summed E-state index contributed by atoms with van der Waals surface area (Å²) in [5.74, 6) is -2.47. The summed E-state index contributed by atoms with van der Waals surface area (Å²) in [5.41, 5.74) is -0.418. The summed E-state index contributed by atoms with van der Waals surface area (Å²) >= 11 is 0. The number of aryl methyl sites for hydroxylation is 2. The van der Waals surface area contributed by atoms with Gasteiger partial charge in [-0.2, -0.15) is 0 Å². The monoisotopic (exact) mass is 604 g/mol. The summed E-state index contributed by atoms with van der Waals surface area (Å²) in [4.78, 5) is 25.8. The maximum absolute atomic E-state index is 14.0. The number of aliphatic hydroxyl groups excluding tert-OH is 1. The molecule has 0 unspecified atom stereocenters. The molecular formula is C35H56O8. The summed E-state index contributed by atoms with van der Waals surface area (Å²) in [6.07, 6.45) is 4.02. The molecule has 8 heteroatoms. The lowest BCUT2D eigenvalue weighted by Crippen LogP contribution is -2.55. The van der Waals surface area contributed by atoms with Gasteiger partial charge < -0.3 is 29.9 Å². The number of carboxylic acid groups (broad SMARTS) is 1. The minimum Gasteiger partial charge on any atom is -0.507 e. The van der Waals surface area contributed by atoms with E-state index in [2.05, 4.69) is 13.8 Å². The summed E-state index contributed by atoms with van der Waals surface area (Å²) < 4.78 is 13.3. The van der Waals surface area contributed by atoms with E-state index >= 15 is 0 Å². The minimum atomic E-state index is -1.18. The standard InChI is InChI=1S/C35H56O8/c1-9-24(15-16-25-14-13-20(5)29(36)28(25)33(39)40)30(37)22(7)31(38)26(10-2)32-21(6)19-35(12-4,43-32)27-17-18-34(41,11-3)23(8)42-27/h13-14,21-24,26-27,30,32,36-37,41H,9-12,15-19H2,1-8H3,(H,39,40)/t21-,22+,23+,24-,26+,27-,30-,32+,34+,35+/m1/s1. The molecule has 0 saturated carbocycles. The molecule has 1 aromatic rings. The van der Waals surface area contributed by atoms with Crippen molar-refractivity contribution in [3.05, 3.63) is 28.8 Å². The lowest BCUT2D eigenvalue weighted by molar-refractivity contribution is -0.229. The van der Waals surface area contributed by atoms with E-state index < -0.39 is 29.2 Å². The molecule has 2 aliphatic heterocycles. The second kappa shape index (κ2) is 14.4. The first-order valence-corrected chi connectivity index (χ1v) is 16.5. The maximum Gasteiger partial charge on any atom is 0.339 e. The molecule has 0 aromatic heterocycles. The first-order valence-electron chi connectivity index (χ1n) is 16.5. The molecule has 0 aliphatic carbocycles. The van der Waals surface area contributed by atoms with Crippen molar-refractivity contribution in [3.63, 3.8) is 0 Å². The fraction of sp³-hybridized carbons (Fsp3) is 0.771. The number of aromatic hydroxyl groups is 1. The SMILES string of the molecule is CC[C@H](CCc1ccc(C)c(O)c1C(=O)O)[C@H](O)[C@H](C)C(=O)[C@H](CC)[C@H]1O[C@](CC)([C@H]2CC[C@@](O)(CC)[C@H](C)O2)C[C@H]1C. The molecule has 0 radical (unpaired) electrons. The molecule has 3 rings (SSSR count). The number of aliphatic hydroxyl groups is 2.